The standard InChI is InChI=1S/C42H47IN2O9/c1-41(2,3)53-36(47)19-18-30(25-46)44-38(48)33(20-26-12-6-5-7-13-26)45(4)39(49)29-21-34(51-40(50)31-16-10-11-17-32(31)43)37-35(22-29)52-42(54-37)23-27-14-8-9-15-28(27)24-42/h5-17,22,30,33-35,37,46H,18-21,23-25H2,1-4H3,(H,44,48)/t30-,33+,34+,35+,37-/m0/s1. The Kier molecular flexibility index (Phi) is 12.3. The van der Waals surface area contributed by atoms with Gasteiger partial charge in [-0.3, -0.25) is 14.4 Å². The van der Waals surface area contributed by atoms with E-state index in [2.05, 4.69) is 27.9 Å². The molecule has 0 unspecified atom stereocenters. The molecule has 0 aromatic heterocycles. The number of aliphatic hydroxyl groups excluding tert-OH is 1. The van der Waals surface area contributed by atoms with Crippen LogP contribution in [0.1, 0.15) is 67.1 Å². The van der Waals surface area contributed by atoms with Gasteiger partial charge in [0.15, 0.2) is 5.79 Å². The lowest BCUT2D eigenvalue weighted by Crippen LogP contribution is -2.53. The number of nitrogens with zero attached hydrogens (tertiary/aromatic N) is 1. The van der Waals surface area contributed by atoms with Crippen molar-refractivity contribution in [3.63, 3.8) is 0 Å². The van der Waals surface area contributed by atoms with Gasteiger partial charge in [-0.05, 0) is 84.7 Å². The minimum absolute atomic E-state index is 0.00682. The number of esters is 2. The van der Waals surface area contributed by atoms with E-state index in [9.17, 15) is 24.3 Å². The fourth-order valence-corrected chi connectivity index (χ4v) is 7.89. The molecule has 2 amide bonds. The van der Waals surface area contributed by atoms with Gasteiger partial charge >= 0.3 is 11.9 Å². The molecule has 286 valence electrons. The number of amides is 2. The Morgan fingerprint density at radius 3 is 2.26 bits per heavy atom. The molecular weight excluding hydrogens is 803 g/mol. The lowest BCUT2D eigenvalue weighted by atomic mass is 9.90. The summed E-state index contributed by atoms with van der Waals surface area (Å²) in [5.41, 5.74) is 3.12. The summed E-state index contributed by atoms with van der Waals surface area (Å²) in [5.74, 6) is -2.87. The largest absolute Gasteiger partial charge is 0.460 e. The van der Waals surface area contributed by atoms with Crippen molar-refractivity contribution in [1.29, 1.82) is 0 Å². The van der Waals surface area contributed by atoms with Gasteiger partial charge in [-0.1, -0.05) is 66.7 Å². The van der Waals surface area contributed by atoms with Crippen molar-refractivity contribution >= 4 is 46.3 Å². The van der Waals surface area contributed by atoms with Gasteiger partial charge in [0.25, 0.3) is 0 Å². The number of carbonyl (C=O) groups is 4. The van der Waals surface area contributed by atoms with Crippen molar-refractivity contribution in [3.05, 3.63) is 116 Å². The molecule has 1 fully saturated rings. The Hall–Kier alpha value is -4.11. The van der Waals surface area contributed by atoms with E-state index in [1.54, 1.807) is 46.0 Å². The van der Waals surface area contributed by atoms with Crippen molar-refractivity contribution < 1.29 is 43.2 Å². The molecular formula is C42H47IN2O9. The fourth-order valence-electron chi connectivity index (χ4n) is 7.28. The monoisotopic (exact) mass is 850 g/mol. The Balaban J connectivity index is 1.24. The highest BCUT2D eigenvalue weighted by atomic mass is 127. The SMILES string of the molecule is CN(C(=O)C1=C[C@H]2OC3(Cc4ccccc4C3)O[C@H]2[C@H](OC(=O)c2ccccc2I)C1)[C@H](Cc1ccccc1)C(=O)N[C@H](CO)CCC(=O)OC(C)(C)C. The number of aliphatic hydroxyl groups is 1. The molecule has 0 saturated carbocycles. The summed E-state index contributed by atoms with van der Waals surface area (Å²) < 4.78 is 25.6. The van der Waals surface area contributed by atoms with Crippen LogP contribution in [0.15, 0.2) is 90.5 Å². The van der Waals surface area contributed by atoms with Gasteiger partial charge in [-0.25, -0.2) is 4.79 Å². The van der Waals surface area contributed by atoms with E-state index >= 15 is 0 Å². The highest BCUT2D eigenvalue weighted by Crippen LogP contribution is 2.45. The van der Waals surface area contributed by atoms with E-state index in [4.69, 9.17) is 18.9 Å². The van der Waals surface area contributed by atoms with Crippen LogP contribution in [-0.2, 0) is 52.6 Å². The third-order valence-electron chi connectivity index (χ3n) is 9.89. The molecule has 1 aliphatic heterocycles. The maximum Gasteiger partial charge on any atom is 0.339 e. The highest BCUT2D eigenvalue weighted by molar-refractivity contribution is 14.1. The molecule has 1 saturated heterocycles. The Bertz CT molecular complexity index is 1870. The van der Waals surface area contributed by atoms with E-state index in [1.807, 2.05) is 66.7 Å². The number of carbonyl (C=O) groups excluding carboxylic acids is 4. The molecule has 0 bridgehead atoms. The van der Waals surface area contributed by atoms with Gasteiger partial charge in [0.05, 0.1) is 18.2 Å². The Morgan fingerprint density at radius 2 is 1.61 bits per heavy atom. The number of hydrogen-bond donors (Lipinski definition) is 2. The number of hydrogen-bond acceptors (Lipinski definition) is 9. The Morgan fingerprint density at radius 1 is 0.963 bits per heavy atom. The van der Waals surface area contributed by atoms with Crippen LogP contribution in [0.3, 0.4) is 0 Å². The minimum Gasteiger partial charge on any atom is -0.460 e. The lowest BCUT2D eigenvalue weighted by molar-refractivity contribution is -0.172. The summed E-state index contributed by atoms with van der Waals surface area (Å²) in [6, 6.07) is 22.8. The topological polar surface area (TPSA) is 141 Å². The first kappa shape index (κ1) is 39.6. The zero-order valence-corrected chi connectivity index (χ0v) is 33.1. The van der Waals surface area contributed by atoms with E-state index in [0.717, 1.165) is 20.3 Å². The number of fused-ring (bicyclic) bond motifs is 2. The first-order valence-electron chi connectivity index (χ1n) is 18.3. The van der Waals surface area contributed by atoms with E-state index in [-0.39, 0.29) is 25.7 Å². The van der Waals surface area contributed by atoms with Crippen LogP contribution in [0.5, 0.6) is 0 Å². The van der Waals surface area contributed by atoms with Gasteiger partial charge in [0.2, 0.25) is 11.8 Å². The average Bonchev–Trinajstić information content (AvgIpc) is 3.69. The maximum atomic E-state index is 14.5. The molecule has 12 heteroatoms. The summed E-state index contributed by atoms with van der Waals surface area (Å²) in [5, 5.41) is 13.0. The van der Waals surface area contributed by atoms with Crippen molar-refractivity contribution in [2.24, 2.45) is 0 Å². The van der Waals surface area contributed by atoms with E-state index < -0.39 is 72.1 Å². The molecule has 1 spiro atoms. The van der Waals surface area contributed by atoms with Crippen LogP contribution in [-0.4, -0.2) is 89.2 Å². The first-order valence-corrected chi connectivity index (χ1v) is 19.3. The number of nitrogens with one attached hydrogen (secondary N) is 1. The zero-order chi connectivity index (χ0) is 38.6. The van der Waals surface area contributed by atoms with Crippen molar-refractivity contribution in [3.8, 4) is 0 Å². The predicted molar refractivity (Wildman–Crippen MR) is 208 cm³/mol. The molecule has 2 N–H and O–H groups in total. The quantitative estimate of drug-likeness (QED) is 0.188. The molecule has 5 atom stereocenters. The van der Waals surface area contributed by atoms with Crippen LogP contribution in [0, 0.1) is 3.57 Å². The molecule has 6 rings (SSSR count). The van der Waals surface area contributed by atoms with Crippen LogP contribution in [0.4, 0.5) is 0 Å². The number of halogens is 1. The highest BCUT2D eigenvalue weighted by Gasteiger charge is 2.55. The van der Waals surface area contributed by atoms with Crippen LogP contribution in [0.2, 0.25) is 0 Å². The average molecular weight is 851 g/mol. The Labute approximate surface area is 329 Å². The smallest absolute Gasteiger partial charge is 0.339 e. The van der Waals surface area contributed by atoms with E-state index in [0.29, 0.717) is 24.0 Å². The first-order chi connectivity index (χ1) is 25.7. The summed E-state index contributed by atoms with van der Waals surface area (Å²) >= 11 is 2.09. The fraction of sp³-hybridized carbons (Fsp3) is 0.429. The third kappa shape index (κ3) is 9.39. The molecule has 3 aliphatic rings. The van der Waals surface area contributed by atoms with Gasteiger partial charge < -0.3 is 34.3 Å². The molecule has 0 radical (unpaired) electrons. The second kappa shape index (κ2) is 16.7. The summed E-state index contributed by atoms with van der Waals surface area (Å²) in [7, 11) is 1.56. The number of likely N-dealkylation sites (N-methyl/N-ethyl adjacent to an activating group) is 1. The van der Waals surface area contributed by atoms with Crippen LogP contribution < -0.4 is 5.32 Å². The number of rotatable bonds is 12. The predicted octanol–water partition coefficient (Wildman–Crippen LogP) is 5.09. The van der Waals surface area contributed by atoms with Crippen molar-refractivity contribution in [1.82, 2.24) is 10.2 Å². The minimum atomic E-state index is -0.989. The molecule has 11 nitrogen and oxygen atoms in total. The van der Waals surface area contributed by atoms with E-state index in [1.165, 1.54) is 4.90 Å². The van der Waals surface area contributed by atoms with Crippen LogP contribution in [0.25, 0.3) is 0 Å². The molecule has 54 heavy (non-hydrogen) atoms. The normalized spacial score (nSPS) is 20.9. The van der Waals surface area contributed by atoms with Crippen molar-refractivity contribution in [2.75, 3.05) is 13.7 Å². The zero-order valence-electron chi connectivity index (χ0n) is 31.0. The summed E-state index contributed by atoms with van der Waals surface area (Å²) in [4.78, 5) is 55.9. The maximum absolute atomic E-state index is 14.5. The third-order valence-corrected chi connectivity index (χ3v) is 10.8. The van der Waals surface area contributed by atoms with Gasteiger partial charge in [0.1, 0.15) is 30.0 Å². The summed E-state index contributed by atoms with van der Waals surface area (Å²) in [6.07, 6.45) is 0.939. The molecule has 3 aromatic carbocycles. The lowest BCUT2D eigenvalue weighted by Gasteiger charge is -2.34. The van der Waals surface area contributed by atoms with Crippen molar-refractivity contribution in [2.45, 2.75) is 101 Å². The molecule has 1 heterocycles. The summed E-state index contributed by atoms with van der Waals surface area (Å²) in [6.45, 7) is 4.90. The van der Waals surface area contributed by atoms with Gasteiger partial charge in [0, 0.05) is 48.3 Å². The number of ether oxygens (including phenoxy) is 4. The van der Waals surface area contributed by atoms with Gasteiger partial charge in [-0.15, -0.1) is 0 Å². The second-order valence-electron chi connectivity index (χ2n) is 15.2. The molecule has 2 aliphatic carbocycles. The van der Waals surface area contributed by atoms with Crippen LogP contribution >= 0.6 is 22.6 Å². The molecule has 3 aromatic rings. The second-order valence-corrected chi connectivity index (χ2v) is 16.3. The van der Waals surface area contributed by atoms with Gasteiger partial charge in [-0.2, -0.15) is 0 Å². The number of benzene rings is 3.